The second kappa shape index (κ2) is 6.48. The van der Waals surface area contributed by atoms with E-state index in [-0.39, 0.29) is 11.3 Å². The molecule has 0 aromatic heterocycles. The van der Waals surface area contributed by atoms with Gasteiger partial charge in [0.05, 0.1) is 0 Å². The van der Waals surface area contributed by atoms with E-state index in [0.29, 0.717) is 0 Å². The van der Waals surface area contributed by atoms with Gasteiger partial charge in [-0.3, -0.25) is 0 Å². The van der Waals surface area contributed by atoms with Crippen LogP contribution >= 0.6 is 6.89 Å². The van der Waals surface area contributed by atoms with E-state index in [4.69, 9.17) is 0 Å². The summed E-state index contributed by atoms with van der Waals surface area (Å²) in [6.07, 6.45) is 2.48. The van der Waals surface area contributed by atoms with Gasteiger partial charge in [-0.2, -0.15) is 0 Å². The smallest absolute Gasteiger partial charge is 0.121 e. The predicted molar refractivity (Wildman–Crippen MR) is 67.2 cm³/mol. The van der Waals surface area contributed by atoms with E-state index < -0.39 is 12.5 Å². The molecule has 0 aliphatic heterocycles. The van der Waals surface area contributed by atoms with Crippen LogP contribution in [0.1, 0.15) is 27.7 Å². The Morgan fingerprint density at radius 1 is 0.875 bits per heavy atom. The lowest BCUT2D eigenvalue weighted by molar-refractivity contribution is 0.568. The third-order valence-corrected chi connectivity index (χ3v) is 7.86. The van der Waals surface area contributed by atoms with E-state index in [1.54, 1.807) is 11.9 Å². The monoisotopic (exact) mass is 240 g/mol. The molecule has 88 valence electrons. The molecule has 0 amide bonds. The van der Waals surface area contributed by atoms with Crippen molar-refractivity contribution in [2.75, 3.05) is 0 Å². The number of rotatable bonds is 5. The minimum absolute atomic E-state index is 0.0733. The van der Waals surface area contributed by atoms with Gasteiger partial charge in [-0.25, -0.2) is 14.4 Å². The zero-order chi connectivity index (χ0) is 12.8. The Kier molecular flexibility index (Phi) is 6.04. The van der Waals surface area contributed by atoms with Gasteiger partial charge < -0.3 is 0 Å². The van der Waals surface area contributed by atoms with Crippen molar-refractivity contribution in [1.29, 1.82) is 0 Å². The van der Waals surface area contributed by atoms with Crippen LogP contribution < -0.4 is 0 Å². The van der Waals surface area contributed by atoms with Crippen molar-refractivity contribution in [2.24, 2.45) is 0 Å². The summed E-state index contributed by atoms with van der Waals surface area (Å²) in [5.74, 6) is 3.33. The fourth-order valence-electron chi connectivity index (χ4n) is 1.99. The Labute approximate surface area is 96.2 Å². The lowest BCUT2D eigenvalue weighted by Gasteiger charge is -2.33. The Bertz CT molecular complexity index is 374. The van der Waals surface area contributed by atoms with Gasteiger partial charge in [-0.1, -0.05) is 27.7 Å². The van der Waals surface area contributed by atoms with E-state index >= 15 is 0 Å². The van der Waals surface area contributed by atoms with Gasteiger partial charge in [0.1, 0.15) is 17.5 Å². The highest BCUT2D eigenvalue weighted by Gasteiger charge is 2.34. The molecule has 0 fully saturated rings. The minimum Gasteiger partial charge on any atom is -0.234 e. The Hall–Kier alpha value is -1.09. The van der Waals surface area contributed by atoms with Crippen LogP contribution in [-0.2, 0) is 14.4 Å². The summed E-state index contributed by atoms with van der Waals surface area (Å²) >= 11 is 0. The van der Waals surface area contributed by atoms with Crippen LogP contribution in [0.2, 0.25) is 0 Å². The fraction of sp³-hybridized carbons (Fsp3) is 0.583. The average molecular weight is 240 g/mol. The third kappa shape index (κ3) is 2.73. The topological polar surface area (TPSA) is 51.2 Å². The molecule has 0 aliphatic carbocycles. The molecule has 3 nitrogen and oxygen atoms in total. The first kappa shape index (κ1) is 14.9. The van der Waals surface area contributed by atoms with Crippen molar-refractivity contribution in [2.45, 2.75) is 44.7 Å². The van der Waals surface area contributed by atoms with Crippen LogP contribution in [0.3, 0.4) is 0 Å². The zero-order valence-corrected chi connectivity index (χ0v) is 11.0. The van der Waals surface area contributed by atoms with E-state index in [1.165, 1.54) is 12.2 Å². The molecule has 0 N–H and O–H groups in total. The van der Waals surface area contributed by atoms with E-state index in [0.717, 1.165) is 0 Å². The Morgan fingerprint density at radius 3 is 1.44 bits per heavy atom. The molecule has 0 saturated heterocycles. The standard InChI is InChI=1S/C12H17O3P/c1-10(2)16(9-15,11(3)4)12(5-7-13)6-8-14/h5-6,10-12H,1-4H3. The maximum absolute atomic E-state index is 11.3. The molecule has 0 saturated carbocycles. The highest BCUT2D eigenvalue weighted by molar-refractivity contribution is 7.76. The normalized spacial score (nSPS) is 12.6. The van der Waals surface area contributed by atoms with Crippen LogP contribution in [0, 0.1) is 0 Å². The van der Waals surface area contributed by atoms with Gasteiger partial charge in [0, 0.05) is 17.8 Å². The predicted octanol–water partition coefficient (Wildman–Crippen LogP) is 2.03. The van der Waals surface area contributed by atoms with Gasteiger partial charge in [-0.15, -0.1) is 0 Å². The van der Waals surface area contributed by atoms with Crippen LogP contribution in [0.4, 0.5) is 0 Å². The summed E-state index contributed by atoms with van der Waals surface area (Å²) in [6.45, 7) is 5.47. The zero-order valence-electron chi connectivity index (χ0n) is 10.1. The summed E-state index contributed by atoms with van der Waals surface area (Å²) in [5.41, 5.74) is 1.79. The van der Waals surface area contributed by atoms with E-state index in [2.05, 4.69) is 5.66 Å². The van der Waals surface area contributed by atoms with Gasteiger partial charge in [0.25, 0.3) is 0 Å². The average Bonchev–Trinajstić information content (AvgIpc) is 2.19. The van der Waals surface area contributed by atoms with Crippen molar-refractivity contribution in [3.8, 4) is 0 Å². The van der Waals surface area contributed by atoms with Crippen LogP contribution in [0.25, 0.3) is 0 Å². The highest BCUT2D eigenvalue weighted by atomic mass is 31.2. The maximum Gasteiger partial charge on any atom is 0.121 e. The van der Waals surface area contributed by atoms with E-state index in [9.17, 15) is 14.4 Å². The third-order valence-electron chi connectivity index (χ3n) is 2.84. The van der Waals surface area contributed by atoms with Gasteiger partial charge >= 0.3 is 0 Å². The number of allylic oxidation sites excluding steroid dienone is 2. The minimum atomic E-state index is -2.21. The van der Waals surface area contributed by atoms with Crippen molar-refractivity contribution in [3.05, 3.63) is 12.2 Å². The molecule has 0 bridgehead atoms. The van der Waals surface area contributed by atoms with Crippen LogP contribution in [0.15, 0.2) is 12.2 Å². The molecule has 0 unspecified atom stereocenters. The lowest BCUT2D eigenvalue weighted by Crippen LogP contribution is -2.19. The molecular formula is C12H17O3P. The molecule has 0 aromatic carbocycles. The lowest BCUT2D eigenvalue weighted by atomic mass is 10.4. The van der Waals surface area contributed by atoms with E-state index in [1.807, 2.05) is 27.7 Å². The van der Waals surface area contributed by atoms with Crippen molar-refractivity contribution in [1.82, 2.24) is 0 Å². The van der Waals surface area contributed by atoms with Gasteiger partial charge in [-0.05, 0) is 18.2 Å². The molecule has 0 heterocycles. The first-order chi connectivity index (χ1) is 7.47. The van der Waals surface area contributed by atoms with Gasteiger partial charge in [0.2, 0.25) is 0 Å². The molecule has 0 aromatic rings. The van der Waals surface area contributed by atoms with Crippen LogP contribution in [0.5, 0.6) is 0 Å². The van der Waals surface area contributed by atoms with Crippen LogP contribution in [-0.4, -0.2) is 34.5 Å². The second-order valence-corrected chi connectivity index (χ2v) is 8.69. The molecular weight excluding hydrogens is 223 g/mol. The van der Waals surface area contributed by atoms with Crippen molar-refractivity contribution in [3.63, 3.8) is 0 Å². The first-order valence-corrected chi connectivity index (χ1v) is 7.16. The maximum atomic E-state index is 11.3. The molecule has 0 aliphatic rings. The summed E-state index contributed by atoms with van der Waals surface area (Å²) in [6, 6.07) is 0. The fourth-order valence-corrected chi connectivity index (χ4v) is 5.72. The first-order valence-electron chi connectivity index (χ1n) is 5.16. The summed E-state index contributed by atoms with van der Waals surface area (Å²) in [5, 5.41) is 0. The summed E-state index contributed by atoms with van der Waals surface area (Å²) in [7, 11) is 0. The molecule has 0 radical (unpaired) electrons. The summed E-state index contributed by atoms with van der Waals surface area (Å²) in [4.78, 5) is 32.2. The SMILES string of the molecule is CC(C)P(=C=O)(C(C)C)C(C=C=O)C=C=O. The number of hydrogen-bond donors (Lipinski definition) is 0. The largest absolute Gasteiger partial charge is 0.234 e. The van der Waals surface area contributed by atoms with Crippen molar-refractivity contribution < 1.29 is 14.4 Å². The molecule has 0 spiro atoms. The molecule has 0 rings (SSSR count). The second-order valence-electron chi connectivity index (χ2n) is 4.17. The van der Waals surface area contributed by atoms with Gasteiger partial charge in [0.15, 0.2) is 0 Å². The van der Waals surface area contributed by atoms with Crippen molar-refractivity contribution >= 4 is 24.4 Å². The molecule has 0 atom stereocenters. The Morgan fingerprint density at radius 2 is 1.25 bits per heavy atom. The highest BCUT2D eigenvalue weighted by Crippen LogP contribution is 2.59. The number of carbonyl (C=O) groups excluding carboxylic acids is 3. The molecule has 4 heteroatoms. The number of hydrogen-bond acceptors (Lipinski definition) is 3. The Balaban J connectivity index is 5.93. The molecule has 16 heavy (non-hydrogen) atoms. The summed E-state index contributed by atoms with van der Waals surface area (Å²) < 4.78 is 0. The quantitative estimate of drug-likeness (QED) is 0.545.